The Morgan fingerprint density at radius 3 is 2.05 bits per heavy atom. The lowest BCUT2D eigenvalue weighted by atomic mass is 9.95. The summed E-state index contributed by atoms with van der Waals surface area (Å²) in [6.45, 7) is 13.9. The Hall–Kier alpha value is -3.80. The van der Waals surface area contributed by atoms with Crippen molar-refractivity contribution in [1.82, 2.24) is 9.80 Å². The van der Waals surface area contributed by atoms with Gasteiger partial charge in [-0.2, -0.15) is 4.99 Å². The lowest BCUT2D eigenvalue weighted by molar-refractivity contribution is -0.137. The number of imide groups is 1. The fourth-order valence-corrected chi connectivity index (χ4v) is 4.32. The maximum absolute atomic E-state index is 13.1. The van der Waals surface area contributed by atoms with Gasteiger partial charge < -0.3 is 19.1 Å². The fourth-order valence-electron chi connectivity index (χ4n) is 4.32. The first kappa shape index (κ1) is 36.4. The predicted molar refractivity (Wildman–Crippen MR) is 162 cm³/mol. The highest BCUT2D eigenvalue weighted by Gasteiger charge is 2.32. The Bertz CT molecular complexity index is 1180. The molecule has 0 aliphatic carbocycles. The smallest absolute Gasteiger partial charge is 0.433 e. The maximum Gasteiger partial charge on any atom is 0.433 e. The zero-order valence-electron chi connectivity index (χ0n) is 27.1. The van der Waals surface area contributed by atoms with Crippen molar-refractivity contribution in [2.24, 2.45) is 16.8 Å². The molecular weight excluding hydrogens is 570 g/mol. The number of hydrogen-bond donors (Lipinski definition) is 0. The van der Waals surface area contributed by atoms with Crippen LogP contribution >= 0.6 is 0 Å². The third-order valence-electron chi connectivity index (χ3n) is 6.45. The predicted octanol–water partition coefficient (Wildman–Crippen LogP) is 5.68. The standard InChI is InChI=1S/C32H46N3O9/c1-21(19-35(29(40)43-31(3,4)5)30(41)44-32(6,7)8)20-42-28(39)33-18-23-11-9-10-12-25(23)26(37)17-22(2)27(38)34-15-13-24(36)14-16-34/h9-12,18,21-22,24H,13-17,19-20H2,1-8H3. The van der Waals surface area contributed by atoms with E-state index in [9.17, 15) is 29.1 Å². The molecule has 2 rings (SSSR count). The van der Waals surface area contributed by atoms with Gasteiger partial charge in [-0.25, -0.2) is 24.4 Å². The molecule has 12 nitrogen and oxygen atoms in total. The molecule has 0 spiro atoms. The second-order valence-electron chi connectivity index (χ2n) is 13.2. The van der Waals surface area contributed by atoms with Crippen LogP contribution in [0.4, 0.5) is 14.4 Å². The molecule has 243 valence electrons. The van der Waals surface area contributed by atoms with E-state index < -0.39 is 47.4 Å². The third kappa shape index (κ3) is 12.4. The normalized spacial score (nSPS) is 15.8. The summed E-state index contributed by atoms with van der Waals surface area (Å²) < 4.78 is 15.9. The minimum Gasteiger partial charge on any atom is -0.448 e. The van der Waals surface area contributed by atoms with E-state index in [2.05, 4.69) is 4.99 Å². The van der Waals surface area contributed by atoms with Crippen molar-refractivity contribution >= 4 is 36.2 Å². The molecule has 0 saturated carbocycles. The van der Waals surface area contributed by atoms with Crippen molar-refractivity contribution in [2.45, 2.75) is 92.0 Å². The van der Waals surface area contributed by atoms with Gasteiger partial charge in [0, 0.05) is 55.2 Å². The van der Waals surface area contributed by atoms with Gasteiger partial charge in [0.1, 0.15) is 11.2 Å². The van der Waals surface area contributed by atoms with Crippen LogP contribution < -0.4 is 0 Å². The lowest BCUT2D eigenvalue weighted by Crippen LogP contribution is -2.45. The van der Waals surface area contributed by atoms with E-state index in [0.717, 1.165) is 4.90 Å². The molecule has 1 heterocycles. The number of likely N-dealkylation sites (tertiary alicyclic amines) is 1. The SMILES string of the molecule is CC(COC(=O)N=Cc1ccccc1C(=O)CC(C)C(=O)N1CCC([O])CC1)CN(C(=O)OC(C)(C)C)C(=O)OC(C)(C)C. The average Bonchev–Trinajstić information content (AvgIpc) is 2.91. The van der Waals surface area contributed by atoms with Gasteiger partial charge in [0.15, 0.2) is 5.78 Å². The Kier molecular flexibility index (Phi) is 13.1. The Morgan fingerprint density at radius 1 is 0.955 bits per heavy atom. The molecule has 1 radical (unpaired) electrons. The first-order chi connectivity index (χ1) is 20.4. The fraction of sp³-hybridized carbons (Fsp3) is 0.625. The number of nitrogens with zero attached hydrogens (tertiary/aromatic N) is 3. The quantitative estimate of drug-likeness (QED) is 0.195. The van der Waals surface area contributed by atoms with E-state index >= 15 is 0 Å². The summed E-state index contributed by atoms with van der Waals surface area (Å²) in [4.78, 5) is 70.0. The van der Waals surface area contributed by atoms with Gasteiger partial charge in [-0.1, -0.05) is 38.1 Å². The number of piperidine rings is 1. The van der Waals surface area contributed by atoms with Crippen LogP contribution in [-0.2, 0) is 24.1 Å². The minimum atomic E-state index is -0.925. The van der Waals surface area contributed by atoms with Crippen LogP contribution in [0.3, 0.4) is 0 Å². The molecule has 1 aliphatic rings. The van der Waals surface area contributed by atoms with E-state index in [-0.39, 0.29) is 31.3 Å². The Morgan fingerprint density at radius 2 is 1.50 bits per heavy atom. The number of ketones is 1. The highest BCUT2D eigenvalue weighted by atomic mass is 16.6. The molecule has 1 saturated heterocycles. The van der Waals surface area contributed by atoms with E-state index in [1.165, 1.54) is 6.21 Å². The molecular formula is C32H46N3O9. The summed E-state index contributed by atoms with van der Waals surface area (Å²) in [5, 5.41) is 11.6. The van der Waals surface area contributed by atoms with E-state index in [4.69, 9.17) is 14.2 Å². The topological polar surface area (TPSA) is 152 Å². The molecule has 1 aromatic carbocycles. The summed E-state index contributed by atoms with van der Waals surface area (Å²) >= 11 is 0. The Balaban J connectivity index is 1.99. The first-order valence-corrected chi connectivity index (χ1v) is 14.9. The summed E-state index contributed by atoms with van der Waals surface area (Å²) in [5.74, 6) is -1.49. The summed E-state index contributed by atoms with van der Waals surface area (Å²) in [7, 11) is 0. The van der Waals surface area contributed by atoms with Crippen molar-refractivity contribution in [3.63, 3.8) is 0 Å². The number of aliphatic imine (C=N–C) groups is 1. The molecule has 1 aliphatic heterocycles. The van der Waals surface area contributed by atoms with Gasteiger partial charge >= 0.3 is 18.3 Å². The van der Waals surface area contributed by atoms with E-state index in [1.54, 1.807) is 84.6 Å². The van der Waals surface area contributed by atoms with Gasteiger partial charge in [0.2, 0.25) is 5.91 Å². The number of rotatable bonds is 9. The number of ether oxygens (including phenoxy) is 3. The highest BCUT2D eigenvalue weighted by Crippen LogP contribution is 2.19. The molecule has 1 aromatic rings. The van der Waals surface area contributed by atoms with Crippen LogP contribution in [0.2, 0.25) is 0 Å². The van der Waals surface area contributed by atoms with Crippen LogP contribution in [-0.4, -0.2) is 89.5 Å². The molecule has 2 unspecified atom stereocenters. The third-order valence-corrected chi connectivity index (χ3v) is 6.45. The van der Waals surface area contributed by atoms with Gasteiger partial charge in [0.05, 0.1) is 12.7 Å². The monoisotopic (exact) mass is 616 g/mol. The number of Topliss-reactive ketones (excluding diaryl/α,β-unsaturated/α-hetero) is 1. The maximum atomic E-state index is 13.1. The van der Waals surface area contributed by atoms with Gasteiger partial charge in [0.25, 0.3) is 0 Å². The van der Waals surface area contributed by atoms with Gasteiger partial charge in [-0.05, 0) is 54.4 Å². The van der Waals surface area contributed by atoms with Crippen LogP contribution in [0.5, 0.6) is 0 Å². The van der Waals surface area contributed by atoms with Crippen LogP contribution in [0, 0.1) is 11.8 Å². The van der Waals surface area contributed by atoms with Crippen molar-refractivity contribution in [1.29, 1.82) is 0 Å². The van der Waals surface area contributed by atoms with E-state index in [1.807, 2.05) is 0 Å². The number of carbonyl (C=O) groups excluding carboxylic acids is 5. The summed E-state index contributed by atoms with van der Waals surface area (Å²) in [6.07, 6.45) is -1.33. The lowest BCUT2D eigenvalue weighted by Gasteiger charge is -2.30. The summed E-state index contributed by atoms with van der Waals surface area (Å²) in [5.41, 5.74) is -0.998. The highest BCUT2D eigenvalue weighted by molar-refractivity contribution is 6.06. The Labute approximate surface area is 259 Å². The number of hydrogen-bond acceptors (Lipinski definition) is 8. The van der Waals surface area contributed by atoms with Gasteiger partial charge in [-0.15, -0.1) is 0 Å². The minimum absolute atomic E-state index is 0.0330. The molecule has 0 bridgehead atoms. The van der Waals surface area contributed by atoms with Crippen molar-refractivity contribution < 1.29 is 43.3 Å². The molecule has 1 fully saturated rings. The molecule has 0 N–H and O–H groups in total. The van der Waals surface area contributed by atoms with E-state index in [0.29, 0.717) is 37.1 Å². The van der Waals surface area contributed by atoms with Crippen molar-refractivity contribution in [2.75, 3.05) is 26.2 Å². The molecule has 12 heteroatoms. The second-order valence-corrected chi connectivity index (χ2v) is 13.2. The zero-order chi connectivity index (χ0) is 33.2. The van der Waals surface area contributed by atoms with Crippen molar-refractivity contribution in [3.05, 3.63) is 35.4 Å². The van der Waals surface area contributed by atoms with Crippen LogP contribution in [0.15, 0.2) is 29.3 Å². The largest absolute Gasteiger partial charge is 0.448 e. The van der Waals surface area contributed by atoms with Crippen LogP contribution in [0.25, 0.3) is 0 Å². The molecule has 4 amide bonds. The number of amides is 4. The summed E-state index contributed by atoms with van der Waals surface area (Å²) in [6, 6.07) is 6.59. The van der Waals surface area contributed by atoms with Crippen LogP contribution in [0.1, 0.15) is 90.6 Å². The van der Waals surface area contributed by atoms with Crippen molar-refractivity contribution in [3.8, 4) is 0 Å². The molecule has 44 heavy (non-hydrogen) atoms. The van der Waals surface area contributed by atoms with Gasteiger partial charge in [-0.3, -0.25) is 9.59 Å². The number of benzene rings is 1. The first-order valence-electron chi connectivity index (χ1n) is 14.9. The number of carbonyl (C=O) groups is 5. The molecule has 0 aromatic heterocycles. The second kappa shape index (κ2) is 15.8. The average molecular weight is 617 g/mol. The zero-order valence-corrected chi connectivity index (χ0v) is 27.1. The molecule has 2 atom stereocenters.